The highest BCUT2D eigenvalue weighted by atomic mass is 35.5. The summed E-state index contributed by atoms with van der Waals surface area (Å²) in [5.41, 5.74) is 6.71. The van der Waals surface area contributed by atoms with E-state index in [0.29, 0.717) is 18.2 Å². The number of aromatic nitrogens is 2. The van der Waals surface area contributed by atoms with E-state index in [0.717, 1.165) is 5.69 Å². The molecule has 0 fully saturated rings. The molecule has 4 N–H and O–H groups in total. The third kappa shape index (κ3) is 4.21. The zero-order chi connectivity index (χ0) is 13.9. The van der Waals surface area contributed by atoms with Crippen molar-refractivity contribution in [2.24, 2.45) is 11.7 Å². The molecule has 5 nitrogen and oxygen atoms in total. The second kappa shape index (κ2) is 6.91. The summed E-state index contributed by atoms with van der Waals surface area (Å²) in [6.45, 7) is 10.5. The SMILES string of the molecule is CC(C)c1cc(C(=O)NC(C)(CN)C(C)C)n[nH]1.Cl. The standard InChI is InChI=1S/C13H24N4O.ClH/c1-8(2)10-6-11(17-16-10)12(18)15-13(5,7-14)9(3)4;/h6,8-9H,7,14H2,1-5H3,(H,15,18)(H,16,17);1H. The number of halogens is 1. The maximum absolute atomic E-state index is 12.1. The lowest BCUT2D eigenvalue weighted by Crippen LogP contribution is -2.55. The Bertz CT molecular complexity index is 417. The average molecular weight is 289 g/mol. The van der Waals surface area contributed by atoms with Gasteiger partial charge in [0, 0.05) is 12.2 Å². The molecule has 6 heteroatoms. The molecule has 1 amide bonds. The van der Waals surface area contributed by atoms with Crippen LogP contribution >= 0.6 is 12.4 Å². The van der Waals surface area contributed by atoms with Crippen LogP contribution in [0.1, 0.15) is 56.7 Å². The summed E-state index contributed by atoms with van der Waals surface area (Å²) in [4.78, 5) is 12.1. The lowest BCUT2D eigenvalue weighted by Gasteiger charge is -2.33. The molecule has 0 spiro atoms. The van der Waals surface area contributed by atoms with E-state index in [4.69, 9.17) is 5.73 Å². The van der Waals surface area contributed by atoms with Gasteiger partial charge in [-0.3, -0.25) is 9.89 Å². The van der Waals surface area contributed by atoms with Gasteiger partial charge in [0.05, 0.1) is 5.54 Å². The minimum Gasteiger partial charge on any atom is -0.344 e. The van der Waals surface area contributed by atoms with Gasteiger partial charge in [0.15, 0.2) is 0 Å². The smallest absolute Gasteiger partial charge is 0.272 e. The Morgan fingerprint density at radius 3 is 2.42 bits per heavy atom. The van der Waals surface area contributed by atoms with E-state index in [-0.39, 0.29) is 24.2 Å². The summed E-state index contributed by atoms with van der Waals surface area (Å²) < 4.78 is 0. The normalized spacial score (nSPS) is 14.1. The highest BCUT2D eigenvalue weighted by Gasteiger charge is 2.29. The van der Waals surface area contributed by atoms with E-state index >= 15 is 0 Å². The molecule has 0 aromatic carbocycles. The molecule has 0 radical (unpaired) electrons. The molecule has 110 valence electrons. The molecular weight excluding hydrogens is 264 g/mol. The molecule has 1 heterocycles. The number of H-pyrrole nitrogens is 1. The van der Waals surface area contributed by atoms with Gasteiger partial charge in [0.25, 0.3) is 5.91 Å². The summed E-state index contributed by atoms with van der Waals surface area (Å²) in [7, 11) is 0. The molecule has 1 aromatic heterocycles. The van der Waals surface area contributed by atoms with Crippen LogP contribution in [0.5, 0.6) is 0 Å². The zero-order valence-electron chi connectivity index (χ0n) is 12.3. The summed E-state index contributed by atoms with van der Waals surface area (Å²) in [6, 6.07) is 1.79. The van der Waals surface area contributed by atoms with Gasteiger partial charge in [-0.15, -0.1) is 12.4 Å². The molecule has 0 aliphatic rings. The molecule has 0 aliphatic heterocycles. The van der Waals surface area contributed by atoms with Gasteiger partial charge < -0.3 is 11.1 Å². The van der Waals surface area contributed by atoms with Gasteiger partial charge in [0.2, 0.25) is 0 Å². The van der Waals surface area contributed by atoms with Crippen molar-refractivity contribution in [2.45, 2.75) is 46.1 Å². The van der Waals surface area contributed by atoms with E-state index in [9.17, 15) is 4.79 Å². The molecular formula is C13H25ClN4O. The number of nitrogens with one attached hydrogen (secondary N) is 2. The van der Waals surface area contributed by atoms with Crippen molar-refractivity contribution in [2.75, 3.05) is 6.54 Å². The fourth-order valence-corrected chi connectivity index (χ4v) is 1.50. The second-order valence-corrected chi connectivity index (χ2v) is 5.59. The Morgan fingerprint density at radius 1 is 1.47 bits per heavy atom. The number of aromatic amines is 1. The van der Waals surface area contributed by atoms with Crippen molar-refractivity contribution in [3.8, 4) is 0 Å². The number of carbonyl (C=O) groups excluding carboxylic acids is 1. The van der Waals surface area contributed by atoms with Crippen LogP contribution < -0.4 is 11.1 Å². The number of rotatable bonds is 5. The molecule has 1 aromatic rings. The number of nitrogens with zero attached hydrogens (tertiary/aromatic N) is 1. The van der Waals surface area contributed by atoms with E-state index in [2.05, 4.69) is 15.5 Å². The lowest BCUT2D eigenvalue weighted by molar-refractivity contribution is 0.0878. The van der Waals surface area contributed by atoms with Crippen molar-refractivity contribution < 1.29 is 4.79 Å². The van der Waals surface area contributed by atoms with Gasteiger partial charge in [-0.1, -0.05) is 27.7 Å². The van der Waals surface area contributed by atoms with Gasteiger partial charge in [-0.05, 0) is 24.8 Å². The van der Waals surface area contributed by atoms with Gasteiger partial charge in [-0.25, -0.2) is 0 Å². The Morgan fingerprint density at radius 2 is 2.05 bits per heavy atom. The molecule has 1 unspecified atom stereocenters. The van der Waals surface area contributed by atoms with Crippen LogP contribution in [0.4, 0.5) is 0 Å². The molecule has 0 bridgehead atoms. The van der Waals surface area contributed by atoms with Crippen LogP contribution in [-0.2, 0) is 0 Å². The van der Waals surface area contributed by atoms with Crippen molar-refractivity contribution in [3.05, 3.63) is 17.5 Å². The highest BCUT2D eigenvalue weighted by Crippen LogP contribution is 2.17. The monoisotopic (exact) mass is 288 g/mol. The molecule has 0 saturated carbocycles. The van der Waals surface area contributed by atoms with Crippen LogP contribution in [0, 0.1) is 5.92 Å². The molecule has 0 saturated heterocycles. The first kappa shape index (κ1) is 17.9. The van der Waals surface area contributed by atoms with Crippen LogP contribution in [-0.4, -0.2) is 28.2 Å². The average Bonchev–Trinajstić information content (AvgIpc) is 2.77. The zero-order valence-corrected chi connectivity index (χ0v) is 13.1. The quantitative estimate of drug-likeness (QED) is 0.775. The van der Waals surface area contributed by atoms with E-state index < -0.39 is 5.54 Å². The molecule has 1 atom stereocenters. The van der Waals surface area contributed by atoms with Gasteiger partial charge in [0.1, 0.15) is 5.69 Å². The minimum atomic E-state index is -0.409. The van der Waals surface area contributed by atoms with Crippen molar-refractivity contribution in [3.63, 3.8) is 0 Å². The van der Waals surface area contributed by atoms with Gasteiger partial charge in [-0.2, -0.15) is 5.10 Å². The summed E-state index contributed by atoms with van der Waals surface area (Å²) in [5.74, 6) is 0.403. The lowest BCUT2D eigenvalue weighted by atomic mass is 9.88. The fraction of sp³-hybridized carbons (Fsp3) is 0.692. The number of hydrogen-bond acceptors (Lipinski definition) is 3. The number of carbonyl (C=O) groups is 1. The molecule has 0 aliphatic carbocycles. The summed E-state index contributed by atoms with van der Waals surface area (Å²) >= 11 is 0. The molecule has 1 rings (SSSR count). The van der Waals surface area contributed by atoms with Crippen LogP contribution in [0.3, 0.4) is 0 Å². The first-order valence-electron chi connectivity index (χ1n) is 6.38. The number of hydrogen-bond donors (Lipinski definition) is 3. The number of nitrogens with two attached hydrogens (primary N) is 1. The topological polar surface area (TPSA) is 83.8 Å². The molecule has 19 heavy (non-hydrogen) atoms. The van der Waals surface area contributed by atoms with Gasteiger partial charge >= 0.3 is 0 Å². The second-order valence-electron chi connectivity index (χ2n) is 5.59. The fourth-order valence-electron chi connectivity index (χ4n) is 1.50. The largest absolute Gasteiger partial charge is 0.344 e. The number of amides is 1. The van der Waals surface area contributed by atoms with E-state index in [1.54, 1.807) is 6.07 Å². The summed E-state index contributed by atoms with van der Waals surface area (Å²) in [5, 5.41) is 9.88. The van der Waals surface area contributed by atoms with E-state index in [1.807, 2.05) is 34.6 Å². The third-order valence-electron chi connectivity index (χ3n) is 3.55. The van der Waals surface area contributed by atoms with Crippen molar-refractivity contribution in [1.29, 1.82) is 0 Å². The first-order valence-corrected chi connectivity index (χ1v) is 6.38. The van der Waals surface area contributed by atoms with Crippen LogP contribution in [0.15, 0.2) is 6.07 Å². The van der Waals surface area contributed by atoms with E-state index in [1.165, 1.54) is 0 Å². The highest BCUT2D eigenvalue weighted by molar-refractivity contribution is 5.92. The predicted octanol–water partition coefficient (Wildman–Crippen LogP) is 2.06. The van der Waals surface area contributed by atoms with Crippen molar-refractivity contribution in [1.82, 2.24) is 15.5 Å². The Labute approximate surface area is 121 Å². The summed E-state index contributed by atoms with van der Waals surface area (Å²) in [6.07, 6.45) is 0. The maximum Gasteiger partial charge on any atom is 0.272 e. The van der Waals surface area contributed by atoms with Crippen molar-refractivity contribution >= 4 is 18.3 Å². The minimum absolute atomic E-state index is 0. The maximum atomic E-state index is 12.1. The third-order valence-corrected chi connectivity index (χ3v) is 3.55. The Kier molecular flexibility index (Phi) is 6.52. The first-order chi connectivity index (χ1) is 8.30. The van der Waals surface area contributed by atoms with Crippen LogP contribution in [0.2, 0.25) is 0 Å². The van der Waals surface area contributed by atoms with Crippen LogP contribution in [0.25, 0.3) is 0 Å². The Balaban J connectivity index is 0.00000324. The Hall–Kier alpha value is -1.07. The predicted molar refractivity (Wildman–Crippen MR) is 79.7 cm³/mol.